The molecule has 29 heavy (non-hydrogen) atoms. The number of hydrogen-bond donors (Lipinski definition) is 2. The molecule has 3 rings (SSSR count). The largest absolute Gasteiger partial charge is 0.478 e. The molecule has 1 fully saturated rings. The number of halogens is 1. The molecule has 2 aromatic rings. The van der Waals surface area contributed by atoms with Gasteiger partial charge in [0.15, 0.2) is 0 Å². The van der Waals surface area contributed by atoms with Gasteiger partial charge in [0, 0.05) is 10.7 Å². The van der Waals surface area contributed by atoms with Crippen LogP contribution in [0.25, 0.3) is 0 Å². The smallest absolute Gasteiger partial charge is 0.335 e. The third-order valence-electron chi connectivity index (χ3n) is 4.64. The third kappa shape index (κ3) is 4.75. The Hall–Kier alpha value is -2.90. The van der Waals surface area contributed by atoms with E-state index < -0.39 is 11.4 Å². The maximum absolute atomic E-state index is 12.3. The van der Waals surface area contributed by atoms with Crippen LogP contribution in [-0.4, -0.2) is 34.6 Å². The van der Waals surface area contributed by atoms with Gasteiger partial charge in [0.1, 0.15) is 0 Å². The van der Waals surface area contributed by atoms with E-state index in [1.807, 2.05) is 13.8 Å². The number of carboxylic acids is 1. The molecule has 0 spiro atoms. The van der Waals surface area contributed by atoms with Crippen LogP contribution in [0.3, 0.4) is 0 Å². The molecule has 0 atom stereocenters. The normalized spacial score (nSPS) is 15.4. The van der Waals surface area contributed by atoms with Crippen molar-refractivity contribution >= 4 is 35.1 Å². The van der Waals surface area contributed by atoms with E-state index in [0.29, 0.717) is 28.4 Å². The number of carboxylic acid groups (broad SMARTS) is 1. The highest BCUT2D eigenvalue weighted by molar-refractivity contribution is 6.31. The number of hydrogen-bond acceptors (Lipinski definition) is 4. The van der Waals surface area contributed by atoms with E-state index in [9.17, 15) is 19.5 Å². The van der Waals surface area contributed by atoms with Crippen LogP contribution >= 0.6 is 11.6 Å². The van der Waals surface area contributed by atoms with Gasteiger partial charge in [0.2, 0.25) is 5.91 Å². The Kier molecular flexibility index (Phi) is 5.91. The van der Waals surface area contributed by atoms with Crippen molar-refractivity contribution in [3.63, 3.8) is 0 Å². The monoisotopic (exact) mass is 416 g/mol. The van der Waals surface area contributed by atoms with Gasteiger partial charge >= 0.3 is 5.97 Å². The first-order chi connectivity index (χ1) is 13.7. The fourth-order valence-electron chi connectivity index (χ4n) is 2.98. The molecule has 1 saturated heterocycles. The summed E-state index contributed by atoms with van der Waals surface area (Å²) in [5.74, 6) is -1.55. The Bertz CT molecular complexity index is 973. The molecule has 7 nitrogen and oxygen atoms in total. The summed E-state index contributed by atoms with van der Waals surface area (Å²) in [6.07, 6.45) is -0.0763. The zero-order valence-corrected chi connectivity index (χ0v) is 16.8. The highest BCUT2D eigenvalue weighted by atomic mass is 35.5. The van der Waals surface area contributed by atoms with Gasteiger partial charge in [-0.25, -0.2) is 9.86 Å². The Morgan fingerprint density at radius 3 is 2.55 bits per heavy atom. The summed E-state index contributed by atoms with van der Waals surface area (Å²) in [7, 11) is 0. The number of benzene rings is 2. The lowest BCUT2D eigenvalue weighted by molar-refractivity contribution is -0.165. The molecule has 0 unspecified atom stereocenters. The van der Waals surface area contributed by atoms with E-state index >= 15 is 0 Å². The van der Waals surface area contributed by atoms with E-state index in [1.54, 1.807) is 36.4 Å². The molecule has 0 radical (unpaired) electrons. The maximum atomic E-state index is 12.3. The van der Waals surface area contributed by atoms with Crippen molar-refractivity contribution in [2.24, 2.45) is 5.41 Å². The van der Waals surface area contributed by atoms with Crippen LogP contribution in [0.4, 0.5) is 5.69 Å². The molecule has 1 aliphatic rings. The van der Waals surface area contributed by atoms with Crippen molar-refractivity contribution in [1.82, 2.24) is 5.06 Å². The van der Waals surface area contributed by atoms with Gasteiger partial charge in [0.25, 0.3) is 5.91 Å². The van der Waals surface area contributed by atoms with Crippen molar-refractivity contribution in [3.8, 4) is 0 Å². The van der Waals surface area contributed by atoms with Gasteiger partial charge in [0.05, 0.1) is 30.6 Å². The number of amides is 2. The lowest BCUT2D eigenvalue weighted by Crippen LogP contribution is -2.30. The maximum Gasteiger partial charge on any atom is 0.335 e. The lowest BCUT2D eigenvalue weighted by atomic mass is 9.95. The molecule has 0 aliphatic carbocycles. The summed E-state index contributed by atoms with van der Waals surface area (Å²) in [5, 5.41) is 13.6. The van der Waals surface area contributed by atoms with E-state index in [2.05, 4.69) is 5.32 Å². The van der Waals surface area contributed by atoms with Gasteiger partial charge in [-0.05, 0) is 43.2 Å². The quantitative estimate of drug-likeness (QED) is 0.751. The number of carbonyl (C=O) groups is 3. The van der Waals surface area contributed by atoms with Crippen LogP contribution < -0.4 is 5.32 Å². The van der Waals surface area contributed by atoms with Crippen molar-refractivity contribution in [1.29, 1.82) is 0 Å². The zero-order valence-electron chi connectivity index (χ0n) is 16.1. The summed E-state index contributed by atoms with van der Waals surface area (Å²) in [4.78, 5) is 41.3. The number of anilines is 1. The van der Waals surface area contributed by atoms with Crippen LogP contribution in [0.5, 0.6) is 0 Å². The summed E-state index contributed by atoms with van der Waals surface area (Å²) in [6, 6.07) is 11.3. The number of carbonyl (C=O) groups excluding carboxylic acids is 2. The Morgan fingerprint density at radius 2 is 1.93 bits per heavy atom. The van der Waals surface area contributed by atoms with E-state index in [1.165, 1.54) is 11.1 Å². The van der Waals surface area contributed by atoms with Crippen LogP contribution in [0.2, 0.25) is 5.02 Å². The Balaban J connectivity index is 1.66. The molecule has 8 heteroatoms. The second-order valence-electron chi connectivity index (χ2n) is 7.49. The minimum Gasteiger partial charge on any atom is -0.478 e. The molecule has 0 bridgehead atoms. The van der Waals surface area contributed by atoms with Crippen LogP contribution in [-0.2, 0) is 27.4 Å². The van der Waals surface area contributed by atoms with Crippen molar-refractivity contribution < 1.29 is 24.3 Å². The van der Waals surface area contributed by atoms with Crippen molar-refractivity contribution in [3.05, 3.63) is 64.2 Å². The molecule has 1 heterocycles. The number of rotatable bonds is 6. The zero-order chi connectivity index (χ0) is 21.2. The standard InChI is InChI=1S/C21H21ClN2O5/c1-21(2)12-29-24(20(21)28)11-14-7-8-15(10-17(14)22)23-18(25)9-13-5-3-4-6-16(13)19(26)27/h3-8,10H,9,11-12H2,1-2H3,(H,23,25)(H,26,27). The van der Waals surface area contributed by atoms with Crippen molar-refractivity contribution in [2.45, 2.75) is 26.8 Å². The molecular formula is C21H21ClN2O5. The molecule has 0 aromatic heterocycles. The summed E-state index contributed by atoms with van der Waals surface area (Å²) < 4.78 is 0. The third-order valence-corrected chi connectivity index (χ3v) is 4.99. The van der Waals surface area contributed by atoms with E-state index in [-0.39, 0.29) is 30.3 Å². The first-order valence-electron chi connectivity index (χ1n) is 9.02. The Labute approximate surface area is 173 Å². The highest BCUT2D eigenvalue weighted by Gasteiger charge is 2.40. The topological polar surface area (TPSA) is 95.9 Å². The van der Waals surface area contributed by atoms with Gasteiger partial charge < -0.3 is 10.4 Å². The molecular weight excluding hydrogens is 396 g/mol. The lowest BCUT2D eigenvalue weighted by Gasteiger charge is -2.17. The fraction of sp³-hybridized carbons (Fsp3) is 0.286. The highest BCUT2D eigenvalue weighted by Crippen LogP contribution is 2.30. The van der Waals surface area contributed by atoms with Crippen LogP contribution in [0.1, 0.15) is 35.3 Å². The fourth-order valence-corrected chi connectivity index (χ4v) is 3.22. The second-order valence-corrected chi connectivity index (χ2v) is 7.90. The molecule has 2 aromatic carbocycles. The summed E-state index contributed by atoms with van der Waals surface area (Å²) >= 11 is 6.31. The number of aromatic carboxylic acids is 1. The minimum absolute atomic E-state index is 0.0763. The number of nitrogens with one attached hydrogen (secondary N) is 1. The molecule has 2 N–H and O–H groups in total. The van der Waals surface area contributed by atoms with Crippen LogP contribution in [0, 0.1) is 5.41 Å². The summed E-state index contributed by atoms with van der Waals surface area (Å²) in [5.41, 5.74) is 1.12. The average molecular weight is 417 g/mol. The van der Waals surface area contributed by atoms with Gasteiger partial charge in [-0.1, -0.05) is 35.9 Å². The summed E-state index contributed by atoms with van der Waals surface area (Å²) in [6.45, 7) is 4.16. The average Bonchev–Trinajstić information content (AvgIpc) is 2.91. The van der Waals surface area contributed by atoms with Crippen molar-refractivity contribution in [2.75, 3.05) is 11.9 Å². The number of hydroxylamine groups is 2. The molecule has 2 amide bonds. The SMILES string of the molecule is CC1(C)CON(Cc2ccc(NC(=O)Cc3ccccc3C(=O)O)cc2Cl)C1=O. The second kappa shape index (κ2) is 8.23. The molecule has 152 valence electrons. The van der Waals surface area contributed by atoms with Gasteiger partial charge in [-0.2, -0.15) is 0 Å². The Morgan fingerprint density at radius 1 is 1.21 bits per heavy atom. The minimum atomic E-state index is -1.08. The van der Waals surface area contributed by atoms with Gasteiger partial charge in [-0.3, -0.25) is 14.4 Å². The van der Waals surface area contributed by atoms with Gasteiger partial charge in [-0.15, -0.1) is 0 Å². The number of nitrogens with zero attached hydrogens (tertiary/aromatic N) is 1. The van der Waals surface area contributed by atoms with Crippen LogP contribution in [0.15, 0.2) is 42.5 Å². The first kappa shape index (κ1) is 20.8. The van der Waals surface area contributed by atoms with E-state index in [0.717, 1.165) is 0 Å². The van der Waals surface area contributed by atoms with E-state index in [4.69, 9.17) is 16.4 Å². The molecule has 1 aliphatic heterocycles. The molecule has 0 saturated carbocycles. The predicted molar refractivity (Wildman–Crippen MR) is 107 cm³/mol. The first-order valence-corrected chi connectivity index (χ1v) is 9.39. The predicted octanol–water partition coefficient (Wildman–Crippen LogP) is 3.52.